The Morgan fingerprint density at radius 3 is 2.36 bits per heavy atom. The van der Waals surface area contributed by atoms with E-state index in [1.807, 2.05) is 31.2 Å². The normalized spacial score (nSPS) is 16.9. The number of benzene rings is 3. The van der Waals surface area contributed by atoms with Gasteiger partial charge in [0, 0.05) is 11.4 Å². The molecule has 5 nitrogen and oxygen atoms in total. The molecule has 1 N–H and O–H groups in total. The van der Waals surface area contributed by atoms with Gasteiger partial charge in [-0.2, -0.15) is 5.26 Å². The number of hydrogen-bond donors (Lipinski definition) is 1. The highest BCUT2D eigenvalue weighted by Gasteiger charge is 2.40. The van der Waals surface area contributed by atoms with Gasteiger partial charge in [0.2, 0.25) is 5.91 Å². The van der Waals surface area contributed by atoms with Crippen LogP contribution in [0.15, 0.2) is 89.5 Å². The van der Waals surface area contributed by atoms with Crippen molar-refractivity contribution in [2.75, 3.05) is 10.2 Å². The molecule has 4 rings (SSSR count). The van der Waals surface area contributed by atoms with Crippen molar-refractivity contribution in [1.29, 1.82) is 5.26 Å². The molecule has 0 aliphatic carbocycles. The first-order valence-corrected chi connectivity index (χ1v) is 11.2. The number of nitriles is 1. The molecule has 33 heavy (non-hydrogen) atoms. The summed E-state index contributed by atoms with van der Waals surface area (Å²) in [6.07, 6.45) is 0.342. The molecule has 0 aromatic heterocycles. The molecule has 3 aromatic rings. The van der Waals surface area contributed by atoms with Gasteiger partial charge in [0.25, 0.3) is 5.91 Å². The average molecular weight is 458 g/mol. The number of thioether (sulfide) groups is 1. The summed E-state index contributed by atoms with van der Waals surface area (Å²) in [5.74, 6) is -1.17. The lowest BCUT2D eigenvalue weighted by Crippen LogP contribution is -2.30. The fourth-order valence-corrected chi connectivity index (χ4v) is 4.77. The average Bonchev–Trinajstić information content (AvgIpc) is 3.12. The fourth-order valence-electron chi connectivity index (χ4n) is 3.47. The third-order valence-electron chi connectivity index (χ3n) is 5.16. The van der Waals surface area contributed by atoms with Crippen LogP contribution in [0.25, 0.3) is 0 Å². The minimum atomic E-state index is -0.585. The second-order valence-electron chi connectivity index (χ2n) is 7.56. The number of amides is 2. The molecule has 0 radical (unpaired) electrons. The van der Waals surface area contributed by atoms with Gasteiger partial charge in [-0.3, -0.25) is 14.5 Å². The van der Waals surface area contributed by atoms with Crippen molar-refractivity contribution >= 4 is 35.0 Å². The van der Waals surface area contributed by atoms with E-state index in [1.54, 1.807) is 48.5 Å². The summed E-state index contributed by atoms with van der Waals surface area (Å²) in [6.45, 7) is 1.94. The van der Waals surface area contributed by atoms with Gasteiger partial charge in [-0.15, -0.1) is 0 Å². The zero-order valence-corrected chi connectivity index (χ0v) is 18.6. The van der Waals surface area contributed by atoms with Crippen LogP contribution in [-0.4, -0.2) is 17.1 Å². The lowest BCUT2D eigenvalue weighted by atomic mass is 10.1. The molecule has 1 aliphatic rings. The molecule has 2 amide bonds. The van der Waals surface area contributed by atoms with Crippen molar-refractivity contribution < 1.29 is 14.0 Å². The Morgan fingerprint density at radius 1 is 1.06 bits per heavy atom. The van der Waals surface area contributed by atoms with E-state index in [0.29, 0.717) is 17.8 Å². The van der Waals surface area contributed by atoms with Crippen molar-refractivity contribution in [1.82, 2.24) is 0 Å². The highest BCUT2D eigenvalue weighted by molar-refractivity contribution is 8.05. The molecule has 1 heterocycles. The molecule has 0 spiro atoms. The molecular formula is C26H20FN3O2S. The summed E-state index contributed by atoms with van der Waals surface area (Å²) in [7, 11) is 0. The first-order chi connectivity index (χ1) is 16.0. The van der Waals surface area contributed by atoms with Crippen LogP contribution >= 0.6 is 11.8 Å². The molecule has 0 saturated carbocycles. The van der Waals surface area contributed by atoms with Gasteiger partial charge in [-0.05, 0) is 55.3 Å². The van der Waals surface area contributed by atoms with Gasteiger partial charge in [0.05, 0.1) is 5.25 Å². The minimum Gasteiger partial charge on any atom is -0.321 e. The molecule has 1 saturated heterocycles. The van der Waals surface area contributed by atoms with E-state index in [0.717, 1.165) is 11.1 Å². The molecule has 164 valence electrons. The fraction of sp³-hybridized carbons (Fsp3) is 0.115. The number of nitrogens with zero attached hydrogens (tertiary/aromatic N) is 2. The van der Waals surface area contributed by atoms with Crippen LogP contribution < -0.4 is 10.2 Å². The van der Waals surface area contributed by atoms with Crippen LogP contribution in [0, 0.1) is 24.1 Å². The summed E-state index contributed by atoms with van der Waals surface area (Å²) in [5.41, 5.74) is 2.80. The maximum Gasteiger partial charge on any atom is 0.269 e. The van der Waals surface area contributed by atoms with Gasteiger partial charge in [-0.25, -0.2) is 4.39 Å². The number of para-hydroxylation sites is 1. The first-order valence-electron chi connectivity index (χ1n) is 10.3. The Balaban J connectivity index is 1.72. The maximum atomic E-state index is 13.4. The minimum absolute atomic E-state index is 0.139. The Hall–Kier alpha value is -3.89. The standard InChI is InChI=1S/C26H20FN3O2S/c1-17-7-13-21(14-8-17)30-25(32)23(15-18-9-11-19(27)12-10-18)33-26(30)22(16-28)24(31)29-20-5-3-2-4-6-20/h2-14,23H,15H2,1H3,(H,29,31). The van der Waals surface area contributed by atoms with Crippen LogP contribution in [-0.2, 0) is 16.0 Å². The lowest BCUT2D eigenvalue weighted by Gasteiger charge is -2.19. The van der Waals surface area contributed by atoms with Gasteiger partial charge in [0.15, 0.2) is 0 Å². The monoisotopic (exact) mass is 457 g/mol. The lowest BCUT2D eigenvalue weighted by molar-refractivity contribution is -0.117. The van der Waals surface area contributed by atoms with Crippen molar-refractivity contribution in [3.8, 4) is 6.07 Å². The summed E-state index contributed by atoms with van der Waals surface area (Å²) < 4.78 is 13.3. The van der Waals surface area contributed by atoms with Crippen LogP contribution in [0.2, 0.25) is 0 Å². The number of anilines is 2. The van der Waals surface area contributed by atoms with Gasteiger partial charge in [0.1, 0.15) is 22.5 Å². The SMILES string of the molecule is Cc1ccc(N2C(=O)C(Cc3ccc(F)cc3)SC2=C(C#N)C(=O)Nc2ccccc2)cc1. The zero-order chi connectivity index (χ0) is 23.4. The summed E-state index contributed by atoms with van der Waals surface area (Å²) in [6, 6.07) is 24.1. The van der Waals surface area contributed by atoms with Crippen LogP contribution in [0.1, 0.15) is 11.1 Å². The third-order valence-corrected chi connectivity index (χ3v) is 6.43. The second kappa shape index (κ2) is 9.72. The van der Waals surface area contributed by atoms with Crippen LogP contribution in [0.4, 0.5) is 15.8 Å². The quantitative estimate of drug-likeness (QED) is 0.422. The van der Waals surface area contributed by atoms with E-state index in [1.165, 1.54) is 28.8 Å². The summed E-state index contributed by atoms with van der Waals surface area (Å²) in [5, 5.41) is 12.3. The van der Waals surface area contributed by atoms with E-state index in [2.05, 4.69) is 5.32 Å². The Bertz CT molecular complexity index is 1250. The second-order valence-corrected chi connectivity index (χ2v) is 8.75. The predicted molar refractivity (Wildman–Crippen MR) is 128 cm³/mol. The van der Waals surface area contributed by atoms with Gasteiger partial charge in [-0.1, -0.05) is 59.8 Å². The number of nitrogens with one attached hydrogen (secondary N) is 1. The maximum absolute atomic E-state index is 13.4. The van der Waals surface area contributed by atoms with E-state index >= 15 is 0 Å². The highest BCUT2D eigenvalue weighted by Crippen LogP contribution is 2.42. The predicted octanol–water partition coefficient (Wildman–Crippen LogP) is 5.20. The topological polar surface area (TPSA) is 73.2 Å². The number of carbonyl (C=O) groups is 2. The Kier molecular flexibility index (Phi) is 6.57. The molecule has 3 aromatic carbocycles. The molecule has 7 heteroatoms. The zero-order valence-electron chi connectivity index (χ0n) is 17.8. The van der Waals surface area contributed by atoms with Gasteiger partial charge >= 0.3 is 0 Å². The number of carbonyl (C=O) groups excluding carboxylic acids is 2. The number of halogens is 1. The largest absolute Gasteiger partial charge is 0.321 e. The molecule has 1 unspecified atom stereocenters. The summed E-state index contributed by atoms with van der Waals surface area (Å²) in [4.78, 5) is 27.8. The number of aryl methyl sites for hydroxylation is 1. The van der Waals surface area contributed by atoms with Crippen LogP contribution in [0.3, 0.4) is 0 Å². The Morgan fingerprint density at radius 2 is 1.73 bits per heavy atom. The van der Waals surface area contributed by atoms with E-state index in [4.69, 9.17) is 0 Å². The number of hydrogen-bond acceptors (Lipinski definition) is 4. The van der Waals surface area contributed by atoms with Crippen molar-refractivity contribution in [3.05, 3.63) is 106 Å². The number of rotatable bonds is 5. The van der Waals surface area contributed by atoms with E-state index < -0.39 is 11.2 Å². The molecule has 1 fully saturated rings. The van der Waals surface area contributed by atoms with E-state index in [-0.39, 0.29) is 22.3 Å². The van der Waals surface area contributed by atoms with E-state index in [9.17, 15) is 19.2 Å². The highest BCUT2D eigenvalue weighted by atomic mass is 32.2. The molecular weight excluding hydrogens is 437 g/mol. The van der Waals surface area contributed by atoms with Crippen molar-refractivity contribution in [3.63, 3.8) is 0 Å². The third kappa shape index (κ3) is 4.97. The first kappa shape index (κ1) is 22.3. The van der Waals surface area contributed by atoms with Crippen molar-refractivity contribution in [2.45, 2.75) is 18.6 Å². The molecule has 0 bridgehead atoms. The molecule has 1 aliphatic heterocycles. The smallest absolute Gasteiger partial charge is 0.269 e. The summed E-state index contributed by atoms with van der Waals surface area (Å²) >= 11 is 1.18. The van der Waals surface area contributed by atoms with Crippen molar-refractivity contribution in [2.24, 2.45) is 0 Å². The molecule has 1 atom stereocenters. The van der Waals surface area contributed by atoms with Crippen LogP contribution in [0.5, 0.6) is 0 Å². The Labute approximate surface area is 195 Å². The van der Waals surface area contributed by atoms with Gasteiger partial charge < -0.3 is 5.32 Å².